The normalized spacial score (nSPS) is 10.3. The Balaban J connectivity index is 2.05. The van der Waals surface area contributed by atoms with E-state index in [1.54, 1.807) is 0 Å². The Labute approximate surface area is 134 Å². The maximum atomic E-state index is 10.8. The number of hydrogen-bond donors (Lipinski definition) is 1. The molecule has 0 amide bonds. The van der Waals surface area contributed by atoms with E-state index in [2.05, 4.69) is 0 Å². The number of rotatable bonds is 5. The van der Waals surface area contributed by atoms with Crippen LogP contribution >= 0.6 is 0 Å². The van der Waals surface area contributed by atoms with E-state index in [0.717, 1.165) is 22.3 Å². The smallest absolute Gasteiger partial charge is 0.341 e. The molecule has 0 aromatic heterocycles. The van der Waals surface area contributed by atoms with Crippen molar-refractivity contribution in [3.8, 4) is 28.0 Å². The highest BCUT2D eigenvalue weighted by Gasteiger charge is 2.10. The van der Waals surface area contributed by atoms with E-state index in [1.165, 1.54) is 0 Å². The molecule has 3 aromatic rings. The van der Waals surface area contributed by atoms with Crippen LogP contribution < -0.4 is 4.74 Å². The molecule has 3 nitrogen and oxygen atoms in total. The third-order valence-corrected chi connectivity index (χ3v) is 3.52. The van der Waals surface area contributed by atoms with Gasteiger partial charge in [0.1, 0.15) is 5.75 Å². The van der Waals surface area contributed by atoms with Crippen molar-refractivity contribution in [1.82, 2.24) is 0 Å². The van der Waals surface area contributed by atoms with Crippen LogP contribution in [0, 0.1) is 0 Å². The zero-order valence-electron chi connectivity index (χ0n) is 12.5. The van der Waals surface area contributed by atoms with Crippen LogP contribution in [-0.4, -0.2) is 17.7 Å². The van der Waals surface area contributed by atoms with Gasteiger partial charge in [0.05, 0.1) is 0 Å². The van der Waals surface area contributed by atoms with Gasteiger partial charge in [-0.1, -0.05) is 66.7 Å². The predicted octanol–water partition coefficient (Wildman–Crippen LogP) is 4.48. The molecule has 0 aliphatic carbocycles. The zero-order chi connectivity index (χ0) is 16.1. The van der Waals surface area contributed by atoms with E-state index in [4.69, 9.17) is 9.84 Å². The molecule has 3 heteroatoms. The average molecular weight is 304 g/mol. The average Bonchev–Trinajstić information content (AvgIpc) is 2.61. The highest BCUT2D eigenvalue weighted by atomic mass is 16.5. The third-order valence-electron chi connectivity index (χ3n) is 3.52. The van der Waals surface area contributed by atoms with Gasteiger partial charge in [0.15, 0.2) is 6.61 Å². The summed E-state index contributed by atoms with van der Waals surface area (Å²) in [5.74, 6) is -0.422. The lowest BCUT2D eigenvalue weighted by atomic mass is 9.98. The first-order valence-electron chi connectivity index (χ1n) is 7.33. The van der Waals surface area contributed by atoms with E-state index < -0.39 is 5.97 Å². The summed E-state index contributed by atoms with van der Waals surface area (Å²) in [5, 5.41) is 8.84. The van der Waals surface area contributed by atoms with Gasteiger partial charge >= 0.3 is 5.97 Å². The first-order valence-corrected chi connectivity index (χ1v) is 7.33. The van der Waals surface area contributed by atoms with Gasteiger partial charge in [0.25, 0.3) is 0 Å². The number of hydrogen-bond acceptors (Lipinski definition) is 2. The summed E-state index contributed by atoms with van der Waals surface area (Å²) in [6.07, 6.45) is 0. The van der Waals surface area contributed by atoms with Crippen LogP contribution in [0.2, 0.25) is 0 Å². The molecule has 3 aromatic carbocycles. The quantitative estimate of drug-likeness (QED) is 0.755. The van der Waals surface area contributed by atoms with E-state index in [9.17, 15) is 4.79 Å². The molecule has 0 fully saturated rings. The molecule has 1 N–H and O–H groups in total. The van der Waals surface area contributed by atoms with Gasteiger partial charge < -0.3 is 9.84 Å². The fourth-order valence-electron chi connectivity index (χ4n) is 2.45. The van der Waals surface area contributed by atoms with Crippen LogP contribution in [0.3, 0.4) is 0 Å². The first-order chi connectivity index (χ1) is 11.2. The molecule has 0 bridgehead atoms. The van der Waals surface area contributed by atoms with E-state index >= 15 is 0 Å². The summed E-state index contributed by atoms with van der Waals surface area (Å²) in [5.41, 5.74) is 4.04. The van der Waals surface area contributed by atoms with Crippen LogP contribution in [0.5, 0.6) is 5.75 Å². The maximum Gasteiger partial charge on any atom is 0.341 e. The molecular weight excluding hydrogens is 288 g/mol. The lowest BCUT2D eigenvalue weighted by molar-refractivity contribution is -0.139. The molecule has 0 unspecified atom stereocenters. The topological polar surface area (TPSA) is 46.5 Å². The molecule has 0 aliphatic rings. The monoisotopic (exact) mass is 304 g/mol. The molecule has 0 saturated carbocycles. The summed E-state index contributed by atoms with van der Waals surface area (Å²) in [6, 6.07) is 25.7. The third kappa shape index (κ3) is 3.58. The van der Waals surface area contributed by atoms with Gasteiger partial charge in [0, 0.05) is 5.56 Å². The second-order valence-corrected chi connectivity index (χ2v) is 5.13. The number of ether oxygens (including phenoxy) is 1. The predicted molar refractivity (Wildman–Crippen MR) is 90.4 cm³/mol. The summed E-state index contributed by atoms with van der Waals surface area (Å²) >= 11 is 0. The Hall–Kier alpha value is -3.07. The Kier molecular flexibility index (Phi) is 4.39. The van der Waals surface area contributed by atoms with Crippen molar-refractivity contribution in [2.24, 2.45) is 0 Å². The van der Waals surface area contributed by atoms with Crippen LogP contribution in [0.25, 0.3) is 22.3 Å². The second-order valence-electron chi connectivity index (χ2n) is 5.13. The summed E-state index contributed by atoms with van der Waals surface area (Å²) in [4.78, 5) is 10.8. The maximum absolute atomic E-state index is 10.8. The summed E-state index contributed by atoms with van der Waals surface area (Å²) < 4.78 is 5.44. The van der Waals surface area contributed by atoms with Gasteiger partial charge in [-0.15, -0.1) is 0 Å². The lowest BCUT2D eigenvalue weighted by Gasteiger charge is -2.13. The molecule has 0 atom stereocenters. The van der Waals surface area contributed by atoms with Gasteiger partial charge in [-0.2, -0.15) is 0 Å². The van der Waals surface area contributed by atoms with Crippen molar-refractivity contribution in [2.75, 3.05) is 6.61 Å². The number of carboxylic acids is 1. The molecule has 114 valence electrons. The Morgan fingerprint density at radius 2 is 1.39 bits per heavy atom. The summed E-state index contributed by atoms with van der Waals surface area (Å²) in [6.45, 7) is -0.357. The standard InChI is InChI=1S/C20H16O3/c21-20(22)14-23-19-12-11-17(15-7-3-1-4-8-15)13-18(19)16-9-5-2-6-10-16/h1-13H,14H2,(H,21,22). The van der Waals surface area contributed by atoms with Crippen molar-refractivity contribution < 1.29 is 14.6 Å². The SMILES string of the molecule is O=C(O)COc1ccc(-c2ccccc2)cc1-c1ccccc1. The molecule has 0 spiro atoms. The van der Waals surface area contributed by atoms with E-state index in [0.29, 0.717) is 5.75 Å². The van der Waals surface area contributed by atoms with E-state index in [1.807, 2.05) is 78.9 Å². The molecule has 0 radical (unpaired) electrons. The van der Waals surface area contributed by atoms with Crippen molar-refractivity contribution in [3.63, 3.8) is 0 Å². The molecule has 23 heavy (non-hydrogen) atoms. The Bertz CT molecular complexity index is 796. The number of carbonyl (C=O) groups is 1. The highest BCUT2D eigenvalue weighted by Crippen LogP contribution is 2.34. The largest absolute Gasteiger partial charge is 0.481 e. The van der Waals surface area contributed by atoms with Gasteiger partial charge in [-0.3, -0.25) is 0 Å². The van der Waals surface area contributed by atoms with Crippen molar-refractivity contribution in [3.05, 3.63) is 78.9 Å². The number of aliphatic carboxylic acids is 1. The van der Waals surface area contributed by atoms with E-state index in [-0.39, 0.29) is 6.61 Å². The lowest BCUT2D eigenvalue weighted by Crippen LogP contribution is -2.10. The van der Waals surface area contributed by atoms with Crippen LogP contribution in [0.15, 0.2) is 78.9 Å². The highest BCUT2D eigenvalue weighted by molar-refractivity contribution is 5.78. The summed E-state index contributed by atoms with van der Waals surface area (Å²) in [7, 11) is 0. The fraction of sp³-hybridized carbons (Fsp3) is 0.0500. The molecule has 0 saturated heterocycles. The Morgan fingerprint density at radius 1 is 0.783 bits per heavy atom. The molecule has 3 rings (SSSR count). The fourth-order valence-corrected chi connectivity index (χ4v) is 2.45. The van der Waals surface area contributed by atoms with Crippen molar-refractivity contribution in [2.45, 2.75) is 0 Å². The van der Waals surface area contributed by atoms with Crippen molar-refractivity contribution in [1.29, 1.82) is 0 Å². The minimum Gasteiger partial charge on any atom is -0.481 e. The molecular formula is C20H16O3. The minimum atomic E-state index is -0.990. The van der Waals surface area contributed by atoms with Gasteiger partial charge in [-0.25, -0.2) is 4.79 Å². The number of benzene rings is 3. The van der Waals surface area contributed by atoms with Gasteiger partial charge in [-0.05, 0) is 28.8 Å². The number of carboxylic acid groups (broad SMARTS) is 1. The van der Waals surface area contributed by atoms with Gasteiger partial charge in [0.2, 0.25) is 0 Å². The van der Waals surface area contributed by atoms with Crippen molar-refractivity contribution >= 4 is 5.97 Å². The van der Waals surface area contributed by atoms with Crippen LogP contribution in [-0.2, 0) is 4.79 Å². The van der Waals surface area contributed by atoms with Crippen LogP contribution in [0.1, 0.15) is 0 Å². The zero-order valence-corrected chi connectivity index (χ0v) is 12.5. The minimum absolute atomic E-state index is 0.357. The van der Waals surface area contributed by atoms with Crippen LogP contribution in [0.4, 0.5) is 0 Å². The molecule has 0 heterocycles. The molecule has 0 aliphatic heterocycles. The first kappa shape index (κ1) is 14.9. The second kappa shape index (κ2) is 6.79. The Morgan fingerprint density at radius 3 is 2.00 bits per heavy atom.